The Balaban J connectivity index is 2.86. The molecule has 1 rings (SSSR count). The summed E-state index contributed by atoms with van der Waals surface area (Å²) in [6, 6.07) is 3.29. The second-order valence-electron chi connectivity index (χ2n) is 5.31. The van der Waals surface area contributed by atoms with E-state index >= 15 is 0 Å². The van der Waals surface area contributed by atoms with Gasteiger partial charge in [0.15, 0.2) is 6.10 Å². The van der Waals surface area contributed by atoms with Gasteiger partial charge in [-0.25, -0.2) is 4.79 Å². The molecule has 1 aromatic rings. The molecule has 2 N–H and O–H groups in total. The summed E-state index contributed by atoms with van der Waals surface area (Å²) in [6.07, 6.45) is -8.26. The molecule has 0 aromatic heterocycles. The first-order valence-corrected chi connectivity index (χ1v) is 6.32. The molecule has 118 valence electrons. The van der Waals surface area contributed by atoms with Gasteiger partial charge in [-0.2, -0.15) is 13.2 Å². The van der Waals surface area contributed by atoms with Gasteiger partial charge in [-0.05, 0) is 32.9 Å². The van der Waals surface area contributed by atoms with Crippen molar-refractivity contribution in [1.29, 1.82) is 0 Å². The summed E-state index contributed by atoms with van der Waals surface area (Å²) in [4.78, 5) is 11.5. The van der Waals surface area contributed by atoms with Gasteiger partial charge in [0, 0.05) is 16.3 Å². The Morgan fingerprint density at radius 1 is 1.33 bits per heavy atom. The van der Waals surface area contributed by atoms with Gasteiger partial charge in [-0.1, -0.05) is 17.7 Å². The molecule has 1 atom stereocenters. The zero-order chi connectivity index (χ0) is 16.4. The standard InChI is InChI=1S/C13H15ClF3NO3/c1-12(2,3)21-11(20)18-7-4-5-8(9(14)6-7)10(19)13(15,16)17/h4-6,10,19H,1-3H3,(H,18,20)/t10-/m1/s1. The number of alkyl halides is 3. The maximum atomic E-state index is 12.4. The highest BCUT2D eigenvalue weighted by atomic mass is 35.5. The molecular weight excluding hydrogens is 311 g/mol. The summed E-state index contributed by atoms with van der Waals surface area (Å²) < 4.78 is 42.2. The Kier molecular flexibility index (Phi) is 5.11. The molecule has 1 amide bonds. The van der Waals surface area contributed by atoms with Crippen molar-refractivity contribution < 1.29 is 27.8 Å². The van der Waals surface area contributed by atoms with E-state index in [1.165, 1.54) is 6.07 Å². The topological polar surface area (TPSA) is 58.6 Å². The molecule has 0 saturated heterocycles. The van der Waals surface area contributed by atoms with Gasteiger partial charge < -0.3 is 9.84 Å². The summed E-state index contributed by atoms with van der Waals surface area (Å²) >= 11 is 5.69. The smallest absolute Gasteiger partial charge is 0.418 e. The molecule has 0 fully saturated rings. The third-order valence-corrected chi connectivity index (χ3v) is 2.58. The molecule has 0 unspecified atom stereocenters. The van der Waals surface area contributed by atoms with Crippen LogP contribution in [-0.2, 0) is 4.74 Å². The zero-order valence-electron chi connectivity index (χ0n) is 11.6. The largest absolute Gasteiger partial charge is 0.444 e. The molecule has 1 aromatic carbocycles. The normalized spacial score (nSPS) is 13.7. The van der Waals surface area contributed by atoms with E-state index in [4.69, 9.17) is 21.4 Å². The highest BCUT2D eigenvalue weighted by Gasteiger charge is 2.40. The van der Waals surface area contributed by atoms with Crippen LogP contribution in [-0.4, -0.2) is 23.0 Å². The molecular formula is C13H15ClF3NO3. The van der Waals surface area contributed by atoms with Gasteiger partial charge in [0.2, 0.25) is 0 Å². The van der Waals surface area contributed by atoms with Crippen LogP contribution in [0.1, 0.15) is 32.4 Å². The van der Waals surface area contributed by atoms with E-state index in [9.17, 15) is 18.0 Å². The van der Waals surface area contributed by atoms with Crippen molar-refractivity contribution in [3.8, 4) is 0 Å². The van der Waals surface area contributed by atoms with E-state index in [2.05, 4.69) is 5.32 Å². The first kappa shape index (κ1) is 17.6. The van der Waals surface area contributed by atoms with Crippen LogP contribution in [0.5, 0.6) is 0 Å². The minimum Gasteiger partial charge on any atom is -0.444 e. The van der Waals surface area contributed by atoms with Crippen LogP contribution in [0.4, 0.5) is 23.7 Å². The Morgan fingerprint density at radius 3 is 2.33 bits per heavy atom. The third-order valence-electron chi connectivity index (χ3n) is 2.25. The summed E-state index contributed by atoms with van der Waals surface area (Å²) in [5.74, 6) is 0. The second kappa shape index (κ2) is 6.11. The number of carbonyl (C=O) groups excluding carboxylic acids is 1. The number of halogens is 4. The molecule has 0 aliphatic rings. The van der Waals surface area contributed by atoms with Gasteiger partial charge in [-0.15, -0.1) is 0 Å². The van der Waals surface area contributed by atoms with E-state index in [0.717, 1.165) is 12.1 Å². The van der Waals surface area contributed by atoms with Gasteiger partial charge >= 0.3 is 12.3 Å². The number of hydrogen-bond donors (Lipinski definition) is 2. The molecule has 0 bridgehead atoms. The second-order valence-corrected chi connectivity index (χ2v) is 5.71. The van der Waals surface area contributed by atoms with Crippen LogP contribution < -0.4 is 5.32 Å². The summed E-state index contributed by atoms with van der Waals surface area (Å²) in [6.45, 7) is 5.01. The Hall–Kier alpha value is -1.47. The van der Waals surface area contributed by atoms with Crippen molar-refractivity contribution >= 4 is 23.4 Å². The third kappa shape index (κ3) is 5.43. The van der Waals surface area contributed by atoms with Gasteiger partial charge in [0.05, 0.1) is 0 Å². The quantitative estimate of drug-likeness (QED) is 0.853. The molecule has 0 heterocycles. The summed E-state index contributed by atoms with van der Waals surface area (Å²) in [5, 5.41) is 11.2. The van der Waals surface area contributed by atoms with E-state index < -0.39 is 29.5 Å². The van der Waals surface area contributed by atoms with Crippen molar-refractivity contribution in [1.82, 2.24) is 0 Å². The minimum atomic E-state index is -4.82. The number of nitrogens with one attached hydrogen (secondary N) is 1. The maximum absolute atomic E-state index is 12.4. The zero-order valence-corrected chi connectivity index (χ0v) is 12.3. The molecule has 21 heavy (non-hydrogen) atoms. The number of anilines is 1. The number of hydrogen-bond acceptors (Lipinski definition) is 3. The molecule has 4 nitrogen and oxygen atoms in total. The first-order chi connectivity index (χ1) is 9.40. The number of rotatable bonds is 2. The maximum Gasteiger partial charge on any atom is 0.418 e. The van der Waals surface area contributed by atoms with E-state index in [1.807, 2.05) is 0 Å². The average molecular weight is 326 g/mol. The fourth-order valence-corrected chi connectivity index (χ4v) is 1.71. The Bertz CT molecular complexity index is 526. The predicted octanol–water partition coefficient (Wildman–Crippen LogP) is 4.28. The highest BCUT2D eigenvalue weighted by Crippen LogP contribution is 2.36. The highest BCUT2D eigenvalue weighted by molar-refractivity contribution is 6.31. The van der Waals surface area contributed by atoms with Crippen LogP contribution >= 0.6 is 11.6 Å². The van der Waals surface area contributed by atoms with Crippen LogP contribution in [0.25, 0.3) is 0 Å². The summed E-state index contributed by atoms with van der Waals surface area (Å²) in [7, 11) is 0. The van der Waals surface area contributed by atoms with Crippen LogP contribution in [0.3, 0.4) is 0 Å². The number of amides is 1. The number of ether oxygens (including phenoxy) is 1. The van der Waals surface area contributed by atoms with Gasteiger partial charge in [0.1, 0.15) is 5.60 Å². The number of carbonyl (C=O) groups is 1. The fourth-order valence-electron chi connectivity index (χ4n) is 1.42. The average Bonchev–Trinajstić information content (AvgIpc) is 2.24. The molecule has 0 aliphatic carbocycles. The van der Waals surface area contributed by atoms with Crippen molar-refractivity contribution in [2.45, 2.75) is 38.7 Å². The molecule has 0 aliphatic heterocycles. The first-order valence-electron chi connectivity index (χ1n) is 5.94. The predicted molar refractivity (Wildman–Crippen MR) is 72.3 cm³/mol. The number of aliphatic hydroxyl groups excluding tert-OH is 1. The van der Waals surface area contributed by atoms with Crippen molar-refractivity contribution in [2.75, 3.05) is 5.32 Å². The van der Waals surface area contributed by atoms with Crippen molar-refractivity contribution in [3.05, 3.63) is 28.8 Å². The van der Waals surface area contributed by atoms with Crippen LogP contribution in [0.2, 0.25) is 5.02 Å². The van der Waals surface area contributed by atoms with E-state index in [1.54, 1.807) is 20.8 Å². The Morgan fingerprint density at radius 2 is 1.90 bits per heavy atom. The lowest BCUT2D eigenvalue weighted by Crippen LogP contribution is -2.27. The van der Waals surface area contributed by atoms with Crippen molar-refractivity contribution in [3.63, 3.8) is 0 Å². The lowest BCUT2D eigenvalue weighted by atomic mass is 10.1. The lowest BCUT2D eigenvalue weighted by Gasteiger charge is -2.20. The molecule has 0 spiro atoms. The van der Waals surface area contributed by atoms with Gasteiger partial charge in [0.25, 0.3) is 0 Å². The molecule has 8 heteroatoms. The SMILES string of the molecule is CC(C)(C)OC(=O)Nc1ccc([C@@H](O)C(F)(F)F)c(Cl)c1. The monoisotopic (exact) mass is 325 g/mol. The summed E-state index contributed by atoms with van der Waals surface area (Å²) in [5.41, 5.74) is -1.04. The molecule has 0 saturated carbocycles. The minimum absolute atomic E-state index is 0.160. The van der Waals surface area contributed by atoms with E-state index in [0.29, 0.717) is 0 Å². The molecule has 0 radical (unpaired) electrons. The van der Waals surface area contributed by atoms with E-state index in [-0.39, 0.29) is 10.7 Å². The van der Waals surface area contributed by atoms with Crippen LogP contribution in [0, 0.1) is 0 Å². The Labute approximate surface area is 124 Å². The van der Waals surface area contributed by atoms with Crippen LogP contribution in [0.15, 0.2) is 18.2 Å². The fraction of sp³-hybridized carbons (Fsp3) is 0.462. The number of aliphatic hydroxyl groups is 1. The number of benzene rings is 1. The van der Waals surface area contributed by atoms with Gasteiger partial charge in [-0.3, -0.25) is 5.32 Å². The lowest BCUT2D eigenvalue weighted by molar-refractivity contribution is -0.206. The van der Waals surface area contributed by atoms with Crippen molar-refractivity contribution in [2.24, 2.45) is 0 Å².